The molecule has 2 aliphatic heterocycles. The fourth-order valence-electron chi connectivity index (χ4n) is 7.07. The van der Waals surface area contributed by atoms with E-state index in [0.717, 1.165) is 0 Å². The molecule has 2 fully saturated rings. The lowest BCUT2D eigenvalue weighted by Gasteiger charge is -2.63. The van der Waals surface area contributed by atoms with Gasteiger partial charge in [0.15, 0.2) is 0 Å². The van der Waals surface area contributed by atoms with Crippen LogP contribution in [0.2, 0.25) is 0 Å². The van der Waals surface area contributed by atoms with Crippen molar-refractivity contribution in [2.75, 3.05) is 7.11 Å². The highest BCUT2D eigenvalue weighted by Gasteiger charge is 2.58. The normalized spacial score (nSPS) is 38.1. The molecule has 2 heterocycles. The highest BCUT2D eigenvalue weighted by molar-refractivity contribution is 5.08. The van der Waals surface area contributed by atoms with Gasteiger partial charge in [-0.3, -0.25) is 0 Å². The van der Waals surface area contributed by atoms with Crippen molar-refractivity contribution in [3.8, 4) is 0 Å². The number of hydrogen-bond donors (Lipinski definition) is 1. The molecular formula is C27H56N2O2. The van der Waals surface area contributed by atoms with E-state index in [1.54, 1.807) is 12.2 Å². The van der Waals surface area contributed by atoms with Gasteiger partial charge in [-0.2, -0.15) is 10.1 Å². The van der Waals surface area contributed by atoms with Crippen molar-refractivity contribution in [3.63, 3.8) is 0 Å². The first-order valence-corrected chi connectivity index (χ1v) is 12.3. The molecule has 0 amide bonds. The number of piperidine rings is 2. The van der Waals surface area contributed by atoms with E-state index in [0.29, 0.717) is 29.1 Å². The topological polar surface area (TPSA) is 35.9 Å². The second kappa shape index (κ2) is 8.25. The Bertz CT molecular complexity index is 548. The van der Waals surface area contributed by atoms with Crippen LogP contribution in [-0.4, -0.2) is 44.6 Å². The highest BCUT2D eigenvalue weighted by atomic mass is 16.7. The van der Waals surface area contributed by atoms with Crippen LogP contribution in [-0.2, 0) is 4.84 Å². The van der Waals surface area contributed by atoms with E-state index in [4.69, 9.17) is 4.84 Å². The summed E-state index contributed by atoms with van der Waals surface area (Å²) in [6, 6.07) is 0. The van der Waals surface area contributed by atoms with Crippen LogP contribution < -0.4 is 0 Å². The Morgan fingerprint density at radius 1 is 0.516 bits per heavy atom. The lowest BCUT2D eigenvalue weighted by atomic mass is 9.55. The van der Waals surface area contributed by atoms with E-state index in [-0.39, 0.29) is 27.6 Å². The van der Waals surface area contributed by atoms with E-state index < -0.39 is 0 Å². The summed E-state index contributed by atoms with van der Waals surface area (Å²) in [5.74, 6) is 2.09. The molecule has 0 aromatic carbocycles. The molecule has 0 radical (unpaired) electrons. The van der Waals surface area contributed by atoms with Crippen LogP contribution in [0, 0.1) is 34.5 Å². The number of rotatable bonds is 1. The minimum Gasteiger partial charge on any atom is -0.313 e. The van der Waals surface area contributed by atoms with Crippen LogP contribution >= 0.6 is 0 Å². The van der Waals surface area contributed by atoms with Crippen molar-refractivity contribution >= 4 is 0 Å². The van der Waals surface area contributed by atoms with Crippen molar-refractivity contribution in [1.82, 2.24) is 10.1 Å². The summed E-state index contributed by atoms with van der Waals surface area (Å²) in [5, 5.41) is 14.1. The first kappa shape index (κ1) is 28.9. The van der Waals surface area contributed by atoms with Crippen LogP contribution in [0.4, 0.5) is 0 Å². The van der Waals surface area contributed by atoms with E-state index in [1.165, 1.54) is 0 Å². The molecule has 2 aliphatic rings. The van der Waals surface area contributed by atoms with E-state index in [1.807, 2.05) is 0 Å². The second-order valence-corrected chi connectivity index (χ2v) is 13.9. The van der Waals surface area contributed by atoms with Gasteiger partial charge in [0, 0.05) is 22.2 Å². The third-order valence-electron chi connectivity index (χ3n) is 11.0. The van der Waals surface area contributed by atoms with Gasteiger partial charge in [-0.15, -0.1) is 0 Å². The minimum absolute atomic E-state index is 0.0637. The largest absolute Gasteiger partial charge is 0.313 e. The molecule has 0 spiro atoms. The predicted octanol–water partition coefficient (Wildman–Crippen LogP) is 7.27. The van der Waals surface area contributed by atoms with E-state index in [2.05, 4.69) is 116 Å². The zero-order valence-electron chi connectivity index (χ0n) is 24.1. The minimum atomic E-state index is -0.167. The molecule has 0 aliphatic carbocycles. The van der Waals surface area contributed by atoms with Gasteiger partial charge < -0.3 is 10.0 Å². The molecule has 0 aromatic rings. The molecule has 4 nitrogen and oxygen atoms in total. The number of hydrogen-bond acceptors (Lipinski definition) is 4. The van der Waals surface area contributed by atoms with Crippen LogP contribution in [0.1, 0.15) is 111 Å². The molecule has 0 aromatic heterocycles. The SMILES string of the molecule is CC1C(C)(C)C(C)C(C)(C)N(O)C1(C)C.CON1C(C)(C)C(C)C(C)(C)C(C)C1(C)C. The van der Waals surface area contributed by atoms with Crippen LogP contribution in [0.15, 0.2) is 0 Å². The summed E-state index contributed by atoms with van der Waals surface area (Å²) >= 11 is 0. The van der Waals surface area contributed by atoms with Gasteiger partial charge in [-0.25, -0.2) is 0 Å². The average molecular weight is 441 g/mol. The quantitative estimate of drug-likeness (QED) is 0.465. The second-order valence-electron chi connectivity index (χ2n) is 13.9. The monoisotopic (exact) mass is 440 g/mol. The summed E-state index contributed by atoms with van der Waals surface area (Å²) in [5.41, 5.74) is 0.357. The summed E-state index contributed by atoms with van der Waals surface area (Å²) in [6.45, 7) is 36.3. The van der Waals surface area contributed by atoms with Crippen molar-refractivity contribution in [2.24, 2.45) is 34.5 Å². The van der Waals surface area contributed by atoms with Gasteiger partial charge in [0.1, 0.15) is 0 Å². The first-order chi connectivity index (χ1) is 13.5. The Kier molecular flexibility index (Phi) is 7.69. The Morgan fingerprint density at radius 3 is 0.968 bits per heavy atom. The third-order valence-corrected chi connectivity index (χ3v) is 11.0. The summed E-state index contributed by atoms with van der Waals surface area (Å²) < 4.78 is 0. The fraction of sp³-hybridized carbons (Fsp3) is 1.00. The maximum absolute atomic E-state index is 10.4. The molecule has 2 rings (SSSR count). The van der Waals surface area contributed by atoms with Crippen LogP contribution in [0.25, 0.3) is 0 Å². The zero-order chi connectivity index (χ0) is 25.2. The van der Waals surface area contributed by atoms with Gasteiger partial charge in [0.25, 0.3) is 0 Å². The van der Waals surface area contributed by atoms with Gasteiger partial charge in [0.05, 0.1) is 7.11 Å². The van der Waals surface area contributed by atoms with Gasteiger partial charge in [-0.1, -0.05) is 55.4 Å². The molecular weight excluding hydrogens is 384 g/mol. The molecule has 0 bridgehead atoms. The predicted molar refractivity (Wildman–Crippen MR) is 133 cm³/mol. The Labute approximate surface area is 195 Å². The smallest absolute Gasteiger partial charge is 0.0575 e. The molecule has 31 heavy (non-hydrogen) atoms. The molecule has 4 unspecified atom stereocenters. The van der Waals surface area contributed by atoms with Gasteiger partial charge in [0.2, 0.25) is 0 Å². The van der Waals surface area contributed by atoms with Crippen molar-refractivity contribution < 1.29 is 10.0 Å². The molecule has 4 atom stereocenters. The third kappa shape index (κ3) is 4.24. The lowest BCUT2D eigenvalue weighted by Crippen LogP contribution is -2.69. The molecule has 0 saturated carbocycles. The van der Waals surface area contributed by atoms with Crippen molar-refractivity contribution in [2.45, 2.75) is 133 Å². The maximum atomic E-state index is 10.4. The van der Waals surface area contributed by atoms with Crippen LogP contribution in [0.3, 0.4) is 0 Å². The first-order valence-electron chi connectivity index (χ1n) is 12.3. The fourth-order valence-corrected chi connectivity index (χ4v) is 7.07. The summed E-state index contributed by atoms with van der Waals surface area (Å²) in [6.07, 6.45) is 0. The van der Waals surface area contributed by atoms with E-state index in [9.17, 15) is 5.21 Å². The molecule has 1 N–H and O–H groups in total. The lowest BCUT2D eigenvalue weighted by molar-refractivity contribution is -0.315. The maximum Gasteiger partial charge on any atom is 0.0575 e. The summed E-state index contributed by atoms with van der Waals surface area (Å²) in [7, 11) is 1.79. The Hall–Kier alpha value is -0.160. The molecule has 186 valence electrons. The van der Waals surface area contributed by atoms with Gasteiger partial charge in [-0.05, 0) is 89.9 Å². The standard InChI is InChI=1S/C14H29NO.C13H27NO/c1-10-12(3,4)11(2)14(7,8)15(16-9)13(10,5)6;1-9-11(3,4)10(2)13(7,8)14(15)12(9,5)6/h10-11H,1-9H3;9-10,15H,1-8H3. The molecule has 2 saturated heterocycles. The number of nitrogens with zero attached hydrogens (tertiary/aromatic N) is 2. The summed E-state index contributed by atoms with van der Waals surface area (Å²) in [4.78, 5) is 5.69. The van der Waals surface area contributed by atoms with Crippen molar-refractivity contribution in [3.05, 3.63) is 0 Å². The van der Waals surface area contributed by atoms with E-state index >= 15 is 0 Å². The van der Waals surface area contributed by atoms with Crippen LogP contribution in [0.5, 0.6) is 0 Å². The molecule has 4 heteroatoms. The average Bonchev–Trinajstić information content (AvgIpc) is 2.63. The zero-order valence-corrected chi connectivity index (χ0v) is 24.1. The van der Waals surface area contributed by atoms with Crippen molar-refractivity contribution in [1.29, 1.82) is 0 Å². The Morgan fingerprint density at radius 2 is 0.742 bits per heavy atom. The highest BCUT2D eigenvalue weighted by Crippen LogP contribution is 2.55. The number of hydroxylamine groups is 4. The van der Waals surface area contributed by atoms with Gasteiger partial charge >= 0.3 is 0 Å². The Balaban J connectivity index is 0.000000311.